The van der Waals surface area contributed by atoms with Crippen LogP contribution in [-0.4, -0.2) is 28.5 Å². The normalized spacial score (nSPS) is 13.6. The molecular formula is C49H30BF24NO3S. The van der Waals surface area contributed by atoms with Gasteiger partial charge in [-0.1, -0.05) is 91.0 Å². The Bertz CT molecular complexity index is 2770. The minimum absolute atomic E-state index is 0.0494. The number of nitro groups is 1. The van der Waals surface area contributed by atoms with E-state index in [-0.39, 0.29) is 22.3 Å². The van der Waals surface area contributed by atoms with Crippen LogP contribution in [0.1, 0.15) is 66.0 Å². The fourth-order valence-corrected chi connectivity index (χ4v) is 10.3. The quantitative estimate of drug-likeness (QED) is 0.0343. The van der Waals surface area contributed by atoms with Gasteiger partial charge in [-0.3, -0.25) is 14.9 Å². The topological polar surface area (TPSA) is 60.2 Å². The summed E-state index contributed by atoms with van der Waals surface area (Å²) in [6.07, 6.45) is -54.8. The second-order valence-corrected chi connectivity index (χ2v) is 19.4. The SMILES string of the molecule is Cc1ccc(C)c([S+](CC(=O)c2ccccc2)C[N+](=O)[O-])c1.FC(F)(F)c1cc([B-](c2cc(C(F)(F)F)cc(C(F)(F)F)c2)(c2cc(C(F)(F)F)cc(C(F)(F)F)c2)c2cc(C(F)(F)F)cc(C(F)(F)F)c2)cc(C(F)(F)F)c1. The highest BCUT2D eigenvalue weighted by atomic mass is 32.2. The molecule has 6 aromatic carbocycles. The van der Waals surface area contributed by atoms with Gasteiger partial charge in [0.05, 0.1) is 49.4 Å². The standard InChI is InChI=1S/C32H12BF24.C17H18NO3S/c34-25(35,36)13-1-14(26(37,38)39)6-21(5-13)33(22-7-15(27(40,41)42)2-16(8-22)28(43,44)45,23-9-17(29(46,47)48)3-18(10-23)30(49,50)51)24-11-19(31(52,53)54)4-20(12-24)32(55,56)57;1-13-8-9-14(2)17(10-13)22(12-18(20)21)11-16(19)15-6-4-3-5-7-15/h1-12H;3-10H,11-12H2,1-2H3/q-1;+1. The molecule has 0 radical (unpaired) electrons. The molecule has 0 aromatic heterocycles. The lowest BCUT2D eigenvalue weighted by Gasteiger charge is -2.46. The van der Waals surface area contributed by atoms with Crippen LogP contribution in [0.4, 0.5) is 105 Å². The molecule has 0 aliphatic carbocycles. The number of rotatable bonds is 10. The molecule has 0 aliphatic heterocycles. The van der Waals surface area contributed by atoms with Crippen LogP contribution < -0.4 is 21.9 Å². The molecule has 0 aliphatic rings. The molecule has 6 aromatic rings. The Morgan fingerprint density at radius 2 is 0.684 bits per heavy atom. The fourth-order valence-electron chi connectivity index (χ4n) is 8.27. The second-order valence-electron chi connectivity index (χ2n) is 17.4. The van der Waals surface area contributed by atoms with Gasteiger partial charge >= 0.3 is 55.3 Å². The van der Waals surface area contributed by atoms with Gasteiger partial charge in [-0.25, -0.2) is 0 Å². The molecule has 0 fully saturated rings. The molecule has 4 nitrogen and oxygen atoms in total. The fraction of sp³-hybridized carbons (Fsp3) is 0.245. The summed E-state index contributed by atoms with van der Waals surface area (Å²) >= 11 is 0. The number of Topliss-reactive ketones (excluding diaryl/α,β-unsaturated/α-hetero) is 1. The van der Waals surface area contributed by atoms with E-state index in [0.717, 1.165) is 16.0 Å². The predicted octanol–water partition coefficient (Wildman–Crippen LogP) is 14.6. The molecule has 1 atom stereocenters. The third-order valence-corrected chi connectivity index (χ3v) is 14.0. The summed E-state index contributed by atoms with van der Waals surface area (Å²) in [5, 5.41) is 11.0. The average molecular weight is 1180 g/mol. The van der Waals surface area contributed by atoms with Gasteiger partial charge in [0.15, 0.2) is 10.6 Å². The van der Waals surface area contributed by atoms with Crippen LogP contribution in [0, 0.1) is 24.0 Å². The van der Waals surface area contributed by atoms with E-state index in [1.54, 1.807) is 24.3 Å². The van der Waals surface area contributed by atoms with Crippen molar-refractivity contribution >= 4 is 44.7 Å². The second kappa shape index (κ2) is 22.0. The molecule has 0 heterocycles. The summed E-state index contributed by atoms with van der Waals surface area (Å²) in [4.78, 5) is 24.0. The predicted molar refractivity (Wildman–Crippen MR) is 239 cm³/mol. The molecule has 79 heavy (non-hydrogen) atoms. The molecule has 1 unspecified atom stereocenters. The van der Waals surface area contributed by atoms with Gasteiger partial charge in [0, 0.05) is 11.1 Å². The largest absolute Gasteiger partial charge is 0.416 e. The number of hydrogen-bond acceptors (Lipinski definition) is 3. The Morgan fingerprint density at radius 3 is 0.924 bits per heavy atom. The number of carbonyl (C=O) groups excluding carboxylic acids is 1. The van der Waals surface area contributed by atoms with Crippen LogP contribution >= 0.6 is 0 Å². The van der Waals surface area contributed by atoms with E-state index in [1.165, 1.54) is 0 Å². The van der Waals surface area contributed by atoms with Crippen molar-refractivity contribution in [2.24, 2.45) is 0 Å². The van der Waals surface area contributed by atoms with Gasteiger partial charge in [-0.15, -0.1) is 0 Å². The van der Waals surface area contributed by atoms with Crippen molar-refractivity contribution in [2.75, 3.05) is 11.6 Å². The minimum Gasteiger partial charge on any atom is -0.289 e. The number of aryl methyl sites for hydroxylation is 2. The van der Waals surface area contributed by atoms with Gasteiger partial charge in [0.1, 0.15) is 17.0 Å². The summed E-state index contributed by atoms with van der Waals surface area (Å²) in [6, 6.07) is 6.03. The molecule has 6 rings (SSSR count). The van der Waals surface area contributed by atoms with Gasteiger partial charge in [0.2, 0.25) is 5.78 Å². The Morgan fingerprint density at radius 1 is 0.418 bits per heavy atom. The zero-order valence-corrected chi connectivity index (χ0v) is 40.0. The number of benzene rings is 6. The van der Waals surface area contributed by atoms with Gasteiger partial charge in [-0.2, -0.15) is 127 Å². The highest BCUT2D eigenvalue weighted by molar-refractivity contribution is 7.97. The van der Waals surface area contributed by atoms with Crippen LogP contribution in [0.25, 0.3) is 0 Å². The lowest BCUT2D eigenvalue weighted by Crippen LogP contribution is -2.75. The smallest absolute Gasteiger partial charge is 0.289 e. The molecule has 426 valence electrons. The summed E-state index contributed by atoms with van der Waals surface area (Å²) in [5.74, 6) is -0.0790. The van der Waals surface area contributed by atoms with Crippen molar-refractivity contribution in [1.29, 1.82) is 0 Å². The van der Waals surface area contributed by atoms with Gasteiger partial charge in [0.25, 0.3) is 0 Å². The molecule has 0 N–H and O–H groups in total. The monoisotopic (exact) mass is 1180 g/mol. The van der Waals surface area contributed by atoms with Crippen LogP contribution in [0.5, 0.6) is 0 Å². The third-order valence-electron chi connectivity index (χ3n) is 11.8. The highest BCUT2D eigenvalue weighted by Crippen LogP contribution is 2.41. The maximum atomic E-state index is 14.2. The van der Waals surface area contributed by atoms with Crippen LogP contribution in [-0.2, 0) is 60.3 Å². The summed E-state index contributed by atoms with van der Waals surface area (Å²) in [6.45, 7) is 3.89. The Labute approximate surface area is 431 Å². The number of hydrogen-bond donors (Lipinski definition) is 0. The van der Waals surface area contributed by atoms with Crippen molar-refractivity contribution < 1.29 is 115 Å². The van der Waals surface area contributed by atoms with E-state index in [4.69, 9.17) is 0 Å². The first-order chi connectivity index (χ1) is 35.7. The van der Waals surface area contributed by atoms with Crippen LogP contribution in [0.2, 0.25) is 0 Å². The number of alkyl halides is 24. The molecule has 0 bridgehead atoms. The maximum absolute atomic E-state index is 14.2. The summed E-state index contributed by atoms with van der Waals surface area (Å²) in [5.41, 5.74) is -27.6. The molecule has 0 spiro atoms. The molecule has 0 saturated carbocycles. The van der Waals surface area contributed by atoms with Crippen LogP contribution in [0.15, 0.2) is 126 Å². The minimum atomic E-state index is -6.13. The Hall–Kier alpha value is -6.88. The molecule has 30 heteroatoms. The van der Waals surface area contributed by atoms with Crippen molar-refractivity contribution in [3.8, 4) is 0 Å². The lowest BCUT2D eigenvalue weighted by molar-refractivity contribution is -0.457. The van der Waals surface area contributed by atoms with Crippen molar-refractivity contribution in [2.45, 2.75) is 68.2 Å². The Kier molecular flexibility index (Phi) is 17.5. The van der Waals surface area contributed by atoms with Gasteiger partial charge in [-0.05, 0) is 49.7 Å². The van der Waals surface area contributed by atoms with E-state index >= 15 is 0 Å². The van der Waals surface area contributed by atoms with E-state index in [1.807, 2.05) is 38.1 Å². The zero-order valence-electron chi connectivity index (χ0n) is 39.2. The third kappa shape index (κ3) is 15.1. The number of halogens is 24. The van der Waals surface area contributed by atoms with Gasteiger partial charge < -0.3 is 0 Å². The molecule has 0 amide bonds. The maximum Gasteiger partial charge on any atom is 0.416 e. The highest BCUT2D eigenvalue weighted by Gasteiger charge is 2.47. The van der Waals surface area contributed by atoms with E-state index in [9.17, 15) is 120 Å². The zero-order chi connectivity index (χ0) is 60.0. The number of ketones is 1. The molecular weight excluding hydrogens is 1150 g/mol. The summed E-state index contributed by atoms with van der Waals surface area (Å²) < 4.78 is 341. The van der Waals surface area contributed by atoms with Crippen molar-refractivity contribution in [3.05, 3.63) is 193 Å². The van der Waals surface area contributed by atoms with Crippen molar-refractivity contribution in [3.63, 3.8) is 0 Å². The molecule has 0 saturated heterocycles. The van der Waals surface area contributed by atoms with E-state index in [2.05, 4.69) is 0 Å². The first-order valence-electron chi connectivity index (χ1n) is 21.5. The van der Waals surface area contributed by atoms with Crippen LogP contribution in [0.3, 0.4) is 0 Å². The average Bonchev–Trinajstić information content (AvgIpc) is 3.43. The van der Waals surface area contributed by atoms with Crippen molar-refractivity contribution in [1.82, 2.24) is 0 Å². The van der Waals surface area contributed by atoms with E-state index in [0.29, 0.717) is 5.56 Å². The first-order valence-corrected chi connectivity index (χ1v) is 23.1. The van der Waals surface area contributed by atoms with E-state index < -0.39 is 206 Å². The Balaban J connectivity index is 0.000000433. The number of carbonyl (C=O) groups is 1. The number of nitrogens with zero attached hydrogens (tertiary/aromatic N) is 1. The lowest BCUT2D eigenvalue weighted by atomic mass is 9.12. The summed E-state index contributed by atoms with van der Waals surface area (Å²) in [7, 11) is -0.719. The first kappa shape index (κ1) is 63.0.